The van der Waals surface area contributed by atoms with Crippen LogP contribution >= 0.6 is 0 Å². The minimum Gasteiger partial charge on any atom is -0.489 e. The Kier molecular flexibility index (Phi) is 4.53. The molecular formula is C16H18FNO. The molecule has 0 saturated carbocycles. The van der Waals surface area contributed by atoms with Gasteiger partial charge < -0.3 is 10.5 Å². The van der Waals surface area contributed by atoms with E-state index in [1.165, 1.54) is 17.7 Å². The van der Waals surface area contributed by atoms with Crippen molar-refractivity contribution in [3.05, 3.63) is 65.0 Å². The van der Waals surface area contributed by atoms with Gasteiger partial charge in [0.1, 0.15) is 18.2 Å². The van der Waals surface area contributed by atoms with Crippen molar-refractivity contribution in [2.75, 3.05) is 0 Å². The van der Waals surface area contributed by atoms with Crippen LogP contribution in [0.3, 0.4) is 0 Å². The molecule has 0 aliphatic carbocycles. The summed E-state index contributed by atoms with van der Waals surface area (Å²) in [6.45, 7) is 2.85. The van der Waals surface area contributed by atoms with Crippen LogP contribution in [0.2, 0.25) is 0 Å². The predicted octanol–water partition coefficient (Wildman–Crippen LogP) is 3.43. The molecule has 3 heteroatoms. The highest BCUT2D eigenvalue weighted by atomic mass is 19.1. The van der Waals surface area contributed by atoms with Crippen LogP contribution in [0.25, 0.3) is 0 Å². The summed E-state index contributed by atoms with van der Waals surface area (Å²) in [5.74, 6) is 0.194. The number of benzene rings is 2. The summed E-state index contributed by atoms with van der Waals surface area (Å²) in [7, 11) is 0. The van der Waals surface area contributed by atoms with Crippen LogP contribution in [-0.4, -0.2) is 0 Å². The fourth-order valence-corrected chi connectivity index (χ4v) is 1.86. The molecule has 19 heavy (non-hydrogen) atoms. The SMILES string of the molecule is CCc1ccc(COc2cc(F)cc(CN)c2)cc1. The summed E-state index contributed by atoms with van der Waals surface area (Å²) in [5.41, 5.74) is 8.59. The monoisotopic (exact) mass is 259 g/mol. The Bertz CT molecular complexity index is 537. The van der Waals surface area contributed by atoms with E-state index in [1.807, 2.05) is 12.1 Å². The van der Waals surface area contributed by atoms with Gasteiger partial charge in [0.15, 0.2) is 0 Å². The minimum atomic E-state index is -0.320. The number of aryl methyl sites for hydroxylation is 1. The van der Waals surface area contributed by atoms with Crippen molar-refractivity contribution in [1.29, 1.82) is 0 Å². The molecule has 0 atom stereocenters. The lowest BCUT2D eigenvalue weighted by atomic mass is 10.1. The smallest absolute Gasteiger partial charge is 0.127 e. The molecule has 2 N–H and O–H groups in total. The van der Waals surface area contributed by atoms with Crippen LogP contribution in [0, 0.1) is 5.82 Å². The Labute approximate surface area is 113 Å². The molecule has 0 saturated heterocycles. The van der Waals surface area contributed by atoms with Crippen molar-refractivity contribution in [1.82, 2.24) is 0 Å². The van der Waals surface area contributed by atoms with Gasteiger partial charge in [0.2, 0.25) is 0 Å². The molecule has 100 valence electrons. The minimum absolute atomic E-state index is 0.305. The summed E-state index contributed by atoms with van der Waals surface area (Å²) in [5, 5.41) is 0. The van der Waals surface area contributed by atoms with Gasteiger partial charge in [-0.2, -0.15) is 0 Å². The quantitative estimate of drug-likeness (QED) is 0.893. The van der Waals surface area contributed by atoms with Crippen LogP contribution in [0.5, 0.6) is 5.75 Å². The van der Waals surface area contributed by atoms with Gasteiger partial charge in [0, 0.05) is 12.6 Å². The summed E-state index contributed by atoms with van der Waals surface area (Å²) < 4.78 is 18.9. The van der Waals surface area contributed by atoms with Crippen molar-refractivity contribution >= 4 is 0 Å². The Hall–Kier alpha value is -1.87. The van der Waals surface area contributed by atoms with Crippen molar-refractivity contribution in [3.63, 3.8) is 0 Å². The first-order valence-electron chi connectivity index (χ1n) is 6.41. The fraction of sp³-hybridized carbons (Fsp3) is 0.250. The summed E-state index contributed by atoms with van der Waals surface area (Å²) in [4.78, 5) is 0. The molecule has 0 fully saturated rings. The number of hydrogen-bond donors (Lipinski definition) is 1. The third kappa shape index (κ3) is 3.80. The Morgan fingerprint density at radius 2 is 1.68 bits per heavy atom. The van der Waals surface area contributed by atoms with E-state index in [0.717, 1.165) is 17.5 Å². The van der Waals surface area contributed by atoms with Crippen LogP contribution in [0.15, 0.2) is 42.5 Å². The van der Waals surface area contributed by atoms with Gasteiger partial charge in [0.25, 0.3) is 0 Å². The molecule has 0 radical (unpaired) electrons. The average molecular weight is 259 g/mol. The third-order valence-corrected chi connectivity index (χ3v) is 3.00. The topological polar surface area (TPSA) is 35.2 Å². The zero-order valence-electron chi connectivity index (χ0n) is 11.0. The second kappa shape index (κ2) is 6.34. The first-order valence-corrected chi connectivity index (χ1v) is 6.41. The van der Waals surface area contributed by atoms with Gasteiger partial charge in [-0.05, 0) is 35.2 Å². The van der Waals surface area contributed by atoms with Crippen molar-refractivity contribution in [2.45, 2.75) is 26.5 Å². The van der Waals surface area contributed by atoms with Crippen LogP contribution in [0.1, 0.15) is 23.6 Å². The van der Waals surface area contributed by atoms with E-state index < -0.39 is 0 Å². The first-order chi connectivity index (χ1) is 9.21. The second-order valence-corrected chi connectivity index (χ2v) is 4.46. The number of ether oxygens (including phenoxy) is 1. The van der Waals surface area contributed by atoms with E-state index >= 15 is 0 Å². The molecule has 0 aliphatic heterocycles. The van der Waals surface area contributed by atoms with Crippen LogP contribution < -0.4 is 10.5 Å². The van der Waals surface area contributed by atoms with E-state index in [9.17, 15) is 4.39 Å². The first kappa shape index (κ1) is 13.6. The molecule has 0 amide bonds. The molecule has 2 rings (SSSR count). The highest BCUT2D eigenvalue weighted by molar-refractivity contribution is 5.30. The molecule has 2 aromatic rings. The molecular weight excluding hydrogens is 241 g/mol. The summed E-state index contributed by atoms with van der Waals surface area (Å²) in [6, 6.07) is 12.8. The van der Waals surface area contributed by atoms with Crippen LogP contribution in [0.4, 0.5) is 4.39 Å². The van der Waals surface area contributed by atoms with Crippen molar-refractivity contribution < 1.29 is 9.13 Å². The summed E-state index contributed by atoms with van der Waals surface area (Å²) >= 11 is 0. The van der Waals surface area contributed by atoms with Crippen molar-refractivity contribution in [3.8, 4) is 5.75 Å². The van der Waals surface area contributed by atoms with E-state index in [0.29, 0.717) is 18.9 Å². The maximum atomic E-state index is 13.3. The molecule has 0 spiro atoms. The van der Waals surface area contributed by atoms with Gasteiger partial charge >= 0.3 is 0 Å². The van der Waals surface area contributed by atoms with E-state index in [4.69, 9.17) is 10.5 Å². The lowest BCUT2D eigenvalue weighted by Crippen LogP contribution is -2.00. The van der Waals surface area contributed by atoms with Crippen LogP contribution in [-0.2, 0) is 19.6 Å². The predicted molar refractivity (Wildman–Crippen MR) is 74.4 cm³/mol. The Balaban J connectivity index is 2.03. The van der Waals surface area contributed by atoms with Gasteiger partial charge in [-0.15, -0.1) is 0 Å². The highest BCUT2D eigenvalue weighted by Gasteiger charge is 2.02. The molecule has 0 aromatic heterocycles. The normalized spacial score (nSPS) is 10.5. The van der Waals surface area contributed by atoms with Gasteiger partial charge in [-0.25, -0.2) is 4.39 Å². The lowest BCUT2D eigenvalue weighted by molar-refractivity contribution is 0.304. The highest BCUT2D eigenvalue weighted by Crippen LogP contribution is 2.18. The maximum Gasteiger partial charge on any atom is 0.127 e. The average Bonchev–Trinajstić information content (AvgIpc) is 2.45. The molecule has 2 nitrogen and oxygen atoms in total. The fourth-order valence-electron chi connectivity index (χ4n) is 1.86. The van der Waals surface area contributed by atoms with Gasteiger partial charge in [-0.1, -0.05) is 31.2 Å². The molecule has 0 bridgehead atoms. The molecule has 0 heterocycles. The van der Waals surface area contributed by atoms with Gasteiger partial charge in [0.05, 0.1) is 0 Å². The molecule has 2 aromatic carbocycles. The van der Waals surface area contributed by atoms with Gasteiger partial charge in [-0.3, -0.25) is 0 Å². The number of hydrogen-bond acceptors (Lipinski definition) is 2. The number of rotatable bonds is 5. The molecule has 0 aliphatic rings. The Morgan fingerprint density at radius 1 is 1.00 bits per heavy atom. The standard InChI is InChI=1S/C16H18FNO/c1-2-12-3-5-13(6-4-12)11-19-16-8-14(10-18)7-15(17)9-16/h3-9H,2,10-11,18H2,1H3. The molecule has 0 unspecified atom stereocenters. The van der Waals surface area contributed by atoms with Crippen molar-refractivity contribution in [2.24, 2.45) is 5.73 Å². The number of nitrogens with two attached hydrogens (primary N) is 1. The third-order valence-electron chi connectivity index (χ3n) is 3.00. The maximum absolute atomic E-state index is 13.3. The zero-order chi connectivity index (χ0) is 13.7. The Morgan fingerprint density at radius 3 is 2.32 bits per heavy atom. The summed E-state index contributed by atoms with van der Waals surface area (Å²) in [6.07, 6.45) is 1.02. The second-order valence-electron chi connectivity index (χ2n) is 4.46. The largest absolute Gasteiger partial charge is 0.489 e. The lowest BCUT2D eigenvalue weighted by Gasteiger charge is -2.08. The van der Waals surface area contributed by atoms with E-state index in [-0.39, 0.29) is 5.82 Å². The van der Waals surface area contributed by atoms with E-state index in [1.54, 1.807) is 6.07 Å². The number of halogens is 1. The van der Waals surface area contributed by atoms with E-state index in [2.05, 4.69) is 19.1 Å². The zero-order valence-corrected chi connectivity index (χ0v) is 11.0.